The molecule has 40 heavy (non-hydrogen) atoms. The molecule has 16 heteroatoms. The number of rotatable bonds is 7. The van der Waals surface area contributed by atoms with E-state index in [-0.39, 0.29) is 33.0 Å². The molecule has 3 aromatic rings. The van der Waals surface area contributed by atoms with Gasteiger partial charge in [-0.25, -0.2) is 17.9 Å². The number of nitrogens with one attached hydrogen (secondary N) is 2. The van der Waals surface area contributed by atoms with E-state index >= 15 is 0 Å². The average molecular weight is 614 g/mol. The maximum atomic E-state index is 12.1. The van der Waals surface area contributed by atoms with Crippen molar-refractivity contribution in [1.82, 2.24) is 19.7 Å². The number of hydrogen-bond acceptors (Lipinski definition) is 11. The highest BCUT2D eigenvalue weighted by Gasteiger charge is 2.32. The summed E-state index contributed by atoms with van der Waals surface area (Å²) in [5, 5.41) is 2.18. The summed E-state index contributed by atoms with van der Waals surface area (Å²) in [7, 11) is -6.25. The Balaban J connectivity index is 0.000000230. The Labute approximate surface area is 237 Å². The van der Waals surface area contributed by atoms with Crippen molar-refractivity contribution in [3.05, 3.63) is 58.9 Å². The van der Waals surface area contributed by atoms with Gasteiger partial charge in [-0.1, -0.05) is 37.6 Å². The van der Waals surface area contributed by atoms with E-state index in [4.69, 9.17) is 25.3 Å². The van der Waals surface area contributed by atoms with Crippen LogP contribution in [-0.2, 0) is 25.6 Å². The number of amides is 2. The van der Waals surface area contributed by atoms with Gasteiger partial charge >= 0.3 is 22.2 Å². The van der Waals surface area contributed by atoms with Crippen LogP contribution in [0.1, 0.15) is 32.2 Å². The van der Waals surface area contributed by atoms with Crippen molar-refractivity contribution in [1.29, 1.82) is 0 Å². The van der Waals surface area contributed by atoms with Crippen LogP contribution in [0, 0.1) is 6.92 Å². The SMILES string of the molecule is CCS(=O)(=O)Oc1ccc2c(c1)C(C)(C)CO2.COc1nc(C)nc(NC(=O)NS(=O)(=O)c2ccccc2Cl)n1. The third-order valence-electron chi connectivity index (χ3n) is 5.33. The van der Waals surface area contributed by atoms with Crippen molar-refractivity contribution in [2.24, 2.45) is 0 Å². The number of carbonyl (C=O) groups excluding carboxylic acids is 1. The molecule has 1 aliphatic heterocycles. The van der Waals surface area contributed by atoms with Gasteiger partial charge in [0.25, 0.3) is 10.0 Å². The maximum Gasteiger partial charge on any atom is 0.335 e. The zero-order valence-corrected chi connectivity index (χ0v) is 24.6. The van der Waals surface area contributed by atoms with Gasteiger partial charge in [0.1, 0.15) is 22.2 Å². The maximum absolute atomic E-state index is 12.1. The summed E-state index contributed by atoms with van der Waals surface area (Å²) < 4.78 is 64.1. The van der Waals surface area contributed by atoms with Gasteiger partial charge in [0, 0.05) is 11.0 Å². The minimum Gasteiger partial charge on any atom is -0.492 e. The molecule has 0 spiro atoms. The Morgan fingerprint density at radius 1 is 1.10 bits per heavy atom. The van der Waals surface area contributed by atoms with E-state index in [1.54, 1.807) is 38.1 Å². The number of ether oxygens (including phenoxy) is 2. The fourth-order valence-corrected chi connectivity index (χ4v) is 5.27. The molecule has 0 unspecified atom stereocenters. The van der Waals surface area contributed by atoms with Crippen LogP contribution in [0.3, 0.4) is 0 Å². The summed E-state index contributed by atoms with van der Waals surface area (Å²) in [6.45, 7) is 7.82. The van der Waals surface area contributed by atoms with E-state index in [9.17, 15) is 21.6 Å². The van der Waals surface area contributed by atoms with Gasteiger partial charge in [-0.2, -0.15) is 23.4 Å². The van der Waals surface area contributed by atoms with Crippen molar-refractivity contribution in [3.8, 4) is 17.5 Å². The number of carbonyl (C=O) groups is 1. The molecular formula is C24H28ClN5O8S2. The molecule has 2 heterocycles. The first-order valence-electron chi connectivity index (χ1n) is 11.7. The van der Waals surface area contributed by atoms with E-state index < -0.39 is 26.2 Å². The van der Waals surface area contributed by atoms with Gasteiger partial charge in [0.05, 0.1) is 24.5 Å². The quantitative estimate of drug-likeness (QED) is 0.373. The van der Waals surface area contributed by atoms with E-state index in [1.165, 1.54) is 25.3 Å². The molecule has 13 nitrogen and oxygen atoms in total. The number of methoxy groups -OCH3 is 1. The molecule has 1 aromatic heterocycles. The highest BCUT2D eigenvalue weighted by atomic mass is 35.5. The second-order valence-electron chi connectivity index (χ2n) is 8.94. The topological polar surface area (TPSA) is 176 Å². The highest BCUT2D eigenvalue weighted by molar-refractivity contribution is 7.90. The first kappa shape index (κ1) is 30.8. The molecule has 1 aliphatic rings. The fraction of sp³-hybridized carbons (Fsp3) is 0.333. The number of hydrogen-bond donors (Lipinski definition) is 2. The number of aromatic nitrogens is 3. The lowest BCUT2D eigenvalue weighted by atomic mass is 9.87. The van der Waals surface area contributed by atoms with Gasteiger partial charge in [-0.3, -0.25) is 5.32 Å². The highest BCUT2D eigenvalue weighted by Crippen LogP contribution is 2.40. The van der Waals surface area contributed by atoms with Gasteiger partial charge in [0.2, 0.25) is 5.95 Å². The smallest absolute Gasteiger partial charge is 0.335 e. The molecule has 0 aliphatic carbocycles. The van der Waals surface area contributed by atoms with Crippen molar-refractivity contribution in [2.75, 3.05) is 24.8 Å². The fourth-order valence-electron chi connectivity index (χ4n) is 3.33. The summed E-state index contributed by atoms with van der Waals surface area (Å²) in [6.07, 6.45) is 0. The monoisotopic (exact) mass is 613 g/mol. The first-order chi connectivity index (χ1) is 18.7. The van der Waals surface area contributed by atoms with Crippen LogP contribution in [0.15, 0.2) is 47.4 Å². The summed E-state index contributed by atoms with van der Waals surface area (Å²) in [5.74, 6) is 1.26. The predicted octanol–water partition coefficient (Wildman–Crippen LogP) is 3.44. The van der Waals surface area contributed by atoms with Crippen LogP contribution in [0.4, 0.5) is 10.7 Å². The molecule has 2 aromatic carbocycles. The summed E-state index contributed by atoms with van der Waals surface area (Å²) in [6, 6.07) is 9.79. The second kappa shape index (κ2) is 12.2. The molecule has 4 rings (SSSR count). The molecule has 2 amide bonds. The molecule has 0 saturated heterocycles. The van der Waals surface area contributed by atoms with E-state index in [1.807, 2.05) is 4.72 Å². The van der Waals surface area contributed by atoms with Crippen LogP contribution in [0.2, 0.25) is 5.02 Å². The van der Waals surface area contributed by atoms with Crippen LogP contribution < -0.4 is 23.7 Å². The zero-order chi connectivity index (χ0) is 29.7. The van der Waals surface area contributed by atoms with Crippen molar-refractivity contribution in [2.45, 2.75) is 38.0 Å². The molecular weight excluding hydrogens is 586 g/mol. The van der Waals surface area contributed by atoms with Crippen LogP contribution in [0.25, 0.3) is 0 Å². The van der Waals surface area contributed by atoms with Crippen molar-refractivity contribution in [3.63, 3.8) is 0 Å². The normalized spacial score (nSPS) is 13.7. The number of urea groups is 1. The molecule has 2 N–H and O–H groups in total. The number of nitrogens with zero attached hydrogens (tertiary/aromatic N) is 3. The van der Waals surface area contributed by atoms with Gasteiger partial charge in [-0.05, 0) is 44.2 Å². The Morgan fingerprint density at radius 3 is 2.45 bits per heavy atom. The Hall–Kier alpha value is -3.69. The van der Waals surface area contributed by atoms with Crippen molar-refractivity contribution >= 4 is 43.7 Å². The molecule has 0 bridgehead atoms. The lowest BCUT2D eigenvalue weighted by Gasteiger charge is -2.15. The summed E-state index contributed by atoms with van der Waals surface area (Å²) in [4.78, 5) is 23.1. The Morgan fingerprint density at radius 2 is 1.80 bits per heavy atom. The van der Waals surface area contributed by atoms with Crippen LogP contribution >= 0.6 is 11.6 Å². The van der Waals surface area contributed by atoms with Gasteiger partial charge in [0.15, 0.2) is 0 Å². The number of fused-ring (bicyclic) bond motifs is 1. The molecule has 0 saturated carbocycles. The Kier molecular flexibility index (Phi) is 9.43. The minimum atomic E-state index is -4.13. The number of aryl methyl sites for hydroxylation is 1. The lowest BCUT2D eigenvalue weighted by Crippen LogP contribution is -2.35. The number of halogens is 1. The predicted molar refractivity (Wildman–Crippen MR) is 147 cm³/mol. The summed E-state index contributed by atoms with van der Waals surface area (Å²) in [5.41, 5.74) is 0.881. The average Bonchev–Trinajstić information content (AvgIpc) is 3.17. The molecule has 0 radical (unpaired) electrons. The van der Waals surface area contributed by atoms with Crippen molar-refractivity contribution < 1.29 is 35.3 Å². The zero-order valence-electron chi connectivity index (χ0n) is 22.3. The minimum absolute atomic E-state index is 0.00882. The van der Waals surface area contributed by atoms with Gasteiger partial charge in [-0.15, -0.1) is 0 Å². The second-order valence-corrected chi connectivity index (χ2v) is 12.9. The Bertz CT molecular complexity index is 1620. The van der Waals surface area contributed by atoms with E-state index in [2.05, 4.69) is 34.1 Å². The standard InChI is InChI=1S/C12H12ClN5O4S.C12H16O4S/c1-7-14-10(17-12(15-7)22-2)16-11(19)18-23(20,21)9-6-4-3-5-8(9)13;1-4-17(13,14)16-9-5-6-11-10(7-9)12(2,3)8-15-11/h3-6H,1-2H3,(H2,14,15,16,17,18,19);5-7H,4,8H2,1-3H3. The van der Waals surface area contributed by atoms with Crippen LogP contribution in [-0.4, -0.2) is 57.3 Å². The number of anilines is 1. The van der Waals surface area contributed by atoms with E-state index in [0.717, 1.165) is 11.3 Å². The molecule has 0 atom stereocenters. The van der Waals surface area contributed by atoms with E-state index in [0.29, 0.717) is 18.2 Å². The lowest BCUT2D eigenvalue weighted by molar-refractivity contribution is 0.256. The van der Waals surface area contributed by atoms with Crippen LogP contribution in [0.5, 0.6) is 17.5 Å². The third kappa shape index (κ3) is 7.92. The summed E-state index contributed by atoms with van der Waals surface area (Å²) >= 11 is 5.81. The molecule has 0 fully saturated rings. The number of sulfonamides is 1. The van der Waals surface area contributed by atoms with Gasteiger partial charge < -0.3 is 13.7 Å². The third-order valence-corrected chi connectivity index (χ3v) is 8.32. The largest absolute Gasteiger partial charge is 0.492 e. The first-order valence-corrected chi connectivity index (χ1v) is 15.1. The number of benzene rings is 2. The molecule has 216 valence electrons.